The first kappa shape index (κ1) is 13.4. The molecule has 0 spiro atoms. The molecule has 2 nitrogen and oxygen atoms in total. The minimum Gasteiger partial charge on any atom is -0.486 e. The van der Waals surface area contributed by atoms with Crippen LogP contribution < -0.4 is 9.47 Å². The molecule has 1 heterocycles. The summed E-state index contributed by atoms with van der Waals surface area (Å²) >= 11 is 3.68. The van der Waals surface area contributed by atoms with Crippen molar-refractivity contribution in [3.8, 4) is 11.5 Å². The van der Waals surface area contributed by atoms with Gasteiger partial charge < -0.3 is 9.47 Å². The van der Waals surface area contributed by atoms with Gasteiger partial charge in [0, 0.05) is 0 Å². The van der Waals surface area contributed by atoms with Crippen molar-refractivity contribution in [2.24, 2.45) is 0 Å². The van der Waals surface area contributed by atoms with Crippen LogP contribution in [0.1, 0.15) is 21.5 Å². The molecule has 104 valence electrons. The van der Waals surface area contributed by atoms with E-state index >= 15 is 0 Å². The van der Waals surface area contributed by atoms with Crippen molar-refractivity contribution >= 4 is 15.9 Å². The zero-order valence-electron chi connectivity index (χ0n) is 11.0. The number of hydrogen-bond donors (Lipinski definition) is 0. The van der Waals surface area contributed by atoms with E-state index in [1.165, 1.54) is 6.07 Å². The van der Waals surface area contributed by atoms with Gasteiger partial charge in [0.05, 0.1) is 4.83 Å². The second-order valence-corrected chi connectivity index (χ2v) is 5.68. The van der Waals surface area contributed by atoms with E-state index in [2.05, 4.69) is 15.9 Å². The molecule has 0 aliphatic carbocycles. The van der Waals surface area contributed by atoms with Gasteiger partial charge >= 0.3 is 0 Å². The normalized spacial score (nSPS) is 14.9. The predicted molar refractivity (Wildman–Crippen MR) is 79.3 cm³/mol. The van der Waals surface area contributed by atoms with Gasteiger partial charge in [-0.3, -0.25) is 0 Å². The van der Waals surface area contributed by atoms with Crippen LogP contribution in [0.4, 0.5) is 4.39 Å². The van der Waals surface area contributed by atoms with Gasteiger partial charge in [0.2, 0.25) is 0 Å². The number of halogens is 2. The lowest BCUT2D eigenvalue weighted by Gasteiger charge is -2.20. The third-order valence-electron chi connectivity index (χ3n) is 3.36. The minimum absolute atomic E-state index is 0.000994. The van der Waals surface area contributed by atoms with Crippen molar-refractivity contribution < 1.29 is 13.9 Å². The molecule has 2 aromatic rings. The Morgan fingerprint density at radius 3 is 2.55 bits per heavy atom. The van der Waals surface area contributed by atoms with Crippen LogP contribution in [0.15, 0.2) is 36.4 Å². The van der Waals surface area contributed by atoms with E-state index < -0.39 is 0 Å². The Balaban J connectivity index is 1.95. The predicted octanol–water partition coefficient (Wildman–Crippen LogP) is 4.39. The Bertz CT molecular complexity index is 642. The standard InChI is InChI=1S/C16H14BrFO2/c1-10-8-12(18)3-4-13(10)16(17)11-2-5-14-15(9-11)20-7-6-19-14/h2-5,8-9,16H,6-7H2,1H3. The maximum Gasteiger partial charge on any atom is 0.161 e. The second kappa shape index (κ2) is 5.44. The summed E-state index contributed by atoms with van der Waals surface area (Å²) in [5.41, 5.74) is 3.02. The summed E-state index contributed by atoms with van der Waals surface area (Å²) in [5, 5.41) is 0. The van der Waals surface area contributed by atoms with Crippen LogP contribution in [0.5, 0.6) is 11.5 Å². The third kappa shape index (κ3) is 2.52. The van der Waals surface area contributed by atoms with Crippen molar-refractivity contribution in [1.82, 2.24) is 0 Å². The highest BCUT2D eigenvalue weighted by Crippen LogP contribution is 2.38. The Morgan fingerprint density at radius 1 is 1.05 bits per heavy atom. The molecule has 0 aromatic heterocycles. The molecule has 1 atom stereocenters. The number of rotatable bonds is 2. The van der Waals surface area contributed by atoms with E-state index in [9.17, 15) is 4.39 Å². The summed E-state index contributed by atoms with van der Waals surface area (Å²) < 4.78 is 24.3. The Hall–Kier alpha value is -1.55. The average Bonchev–Trinajstić information content (AvgIpc) is 2.46. The first-order valence-electron chi connectivity index (χ1n) is 6.45. The maximum atomic E-state index is 13.2. The highest BCUT2D eigenvalue weighted by molar-refractivity contribution is 9.09. The molecule has 3 rings (SSSR count). The molecule has 1 aliphatic heterocycles. The molecule has 20 heavy (non-hydrogen) atoms. The van der Waals surface area contributed by atoms with Crippen molar-refractivity contribution in [1.29, 1.82) is 0 Å². The molecule has 0 bridgehead atoms. The Kier molecular flexibility index (Phi) is 3.66. The zero-order chi connectivity index (χ0) is 14.1. The fraction of sp³-hybridized carbons (Fsp3) is 0.250. The van der Waals surface area contributed by atoms with Crippen LogP contribution >= 0.6 is 15.9 Å². The van der Waals surface area contributed by atoms with Gasteiger partial charge in [-0.05, 0) is 47.9 Å². The molecule has 0 saturated carbocycles. The van der Waals surface area contributed by atoms with Crippen molar-refractivity contribution in [2.75, 3.05) is 13.2 Å². The van der Waals surface area contributed by atoms with Crippen molar-refractivity contribution in [2.45, 2.75) is 11.8 Å². The number of benzene rings is 2. The molecule has 1 unspecified atom stereocenters. The molecule has 2 aromatic carbocycles. The summed E-state index contributed by atoms with van der Waals surface area (Å²) in [6.45, 7) is 3.06. The van der Waals surface area contributed by atoms with Gasteiger partial charge in [-0.2, -0.15) is 0 Å². The van der Waals surface area contributed by atoms with Gasteiger partial charge in [0.25, 0.3) is 0 Å². The van der Waals surface area contributed by atoms with Crippen molar-refractivity contribution in [3.63, 3.8) is 0 Å². The highest BCUT2D eigenvalue weighted by atomic mass is 79.9. The Labute approximate surface area is 125 Å². The highest BCUT2D eigenvalue weighted by Gasteiger charge is 2.17. The van der Waals surface area contributed by atoms with E-state index in [0.717, 1.165) is 28.2 Å². The summed E-state index contributed by atoms with van der Waals surface area (Å²) in [5.74, 6) is 1.32. The molecule has 4 heteroatoms. The topological polar surface area (TPSA) is 18.5 Å². The number of fused-ring (bicyclic) bond motifs is 1. The molecule has 0 N–H and O–H groups in total. The molecular weight excluding hydrogens is 323 g/mol. The van der Waals surface area contributed by atoms with E-state index in [1.54, 1.807) is 12.1 Å². The molecule has 0 radical (unpaired) electrons. The SMILES string of the molecule is Cc1cc(F)ccc1C(Br)c1ccc2c(c1)OCCO2. The van der Waals surface area contributed by atoms with E-state index in [0.29, 0.717) is 13.2 Å². The fourth-order valence-corrected chi connectivity index (χ4v) is 3.12. The van der Waals surface area contributed by atoms with Gasteiger partial charge in [-0.15, -0.1) is 0 Å². The molecule has 0 fully saturated rings. The maximum absolute atomic E-state index is 13.2. The number of hydrogen-bond acceptors (Lipinski definition) is 2. The summed E-state index contributed by atoms with van der Waals surface area (Å²) in [6.07, 6.45) is 0. The lowest BCUT2D eigenvalue weighted by molar-refractivity contribution is 0.171. The molecule has 0 amide bonds. The first-order chi connectivity index (χ1) is 9.65. The first-order valence-corrected chi connectivity index (χ1v) is 7.36. The smallest absolute Gasteiger partial charge is 0.161 e. The Morgan fingerprint density at radius 2 is 1.80 bits per heavy atom. The lowest BCUT2D eigenvalue weighted by Crippen LogP contribution is -2.15. The summed E-state index contributed by atoms with van der Waals surface area (Å²) in [7, 11) is 0. The van der Waals surface area contributed by atoms with Gasteiger partial charge in [0.1, 0.15) is 19.0 Å². The fourth-order valence-electron chi connectivity index (χ4n) is 2.32. The van der Waals surface area contributed by atoms with Crippen LogP contribution in [0.25, 0.3) is 0 Å². The molecule has 1 aliphatic rings. The van der Waals surface area contributed by atoms with E-state index in [-0.39, 0.29) is 10.6 Å². The quantitative estimate of drug-likeness (QED) is 0.757. The van der Waals surface area contributed by atoms with Crippen LogP contribution in [0.3, 0.4) is 0 Å². The summed E-state index contributed by atoms with van der Waals surface area (Å²) in [4.78, 5) is -0.000994. The van der Waals surface area contributed by atoms with E-state index in [4.69, 9.17) is 9.47 Å². The third-order valence-corrected chi connectivity index (χ3v) is 4.39. The molecule has 0 saturated heterocycles. The lowest BCUT2D eigenvalue weighted by atomic mass is 10.00. The average molecular weight is 337 g/mol. The largest absolute Gasteiger partial charge is 0.486 e. The van der Waals surface area contributed by atoms with Crippen LogP contribution in [-0.2, 0) is 0 Å². The minimum atomic E-state index is -0.215. The second-order valence-electron chi connectivity index (χ2n) is 4.77. The van der Waals surface area contributed by atoms with E-state index in [1.807, 2.05) is 25.1 Å². The molecular formula is C16H14BrFO2. The van der Waals surface area contributed by atoms with Crippen molar-refractivity contribution in [3.05, 3.63) is 58.9 Å². The van der Waals surface area contributed by atoms with Crippen LogP contribution in [-0.4, -0.2) is 13.2 Å². The van der Waals surface area contributed by atoms with Gasteiger partial charge in [-0.1, -0.05) is 28.1 Å². The van der Waals surface area contributed by atoms with Gasteiger partial charge in [0.15, 0.2) is 11.5 Å². The number of alkyl halides is 1. The van der Waals surface area contributed by atoms with Crippen LogP contribution in [0.2, 0.25) is 0 Å². The van der Waals surface area contributed by atoms with Gasteiger partial charge in [-0.25, -0.2) is 4.39 Å². The zero-order valence-corrected chi connectivity index (χ0v) is 12.6. The van der Waals surface area contributed by atoms with Crippen LogP contribution in [0, 0.1) is 12.7 Å². The summed E-state index contributed by atoms with van der Waals surface area (Å²) in [6, 6.07) is 10.7. The number of ether oxygens (including phenoxy) is 2. The number of aryl methyl sites for hydroxylation is 1. The monoisotopic (exact) mass is 336 g/mol.